The summed E-state index contributed by atoms with van der Waals surface area (Å²) in [5.74, 6) is 0.180. The van der Waals surface area contributed by atoms with Gasteiger partial charge in [-0.2, -0.15) is 0 Å². The first kappa shape index (κ1) is 17.8. The van der Waals surface area contributed by atoms with Crippen molar-refractivity contribution in [3.63, 3.8) is 0 Å². The molecule has 0 saturated carbocycles. The van der Waals surface area contributed by atoms with E-state index in [9.17, 15) is 9.59 Å². The van der Waals surface area contributed by atoms with Crippen LogP contribution >= 0.6 is 11.6 Å². The van der Waals surface area contributed by atoms with E-state index in [-0.39, 0.29) is 18.3 Å². The molecule has 0 aliphatic carbocycles. The zero-order valence-corrected chi connectivity index (χ0v) is 14.3. The van der Waals surface area contributed by atoms with E-state index < -0.39 is 0 Å². The molecule has 124 valence electrons. The fraction of sp³-hybridized carbons (Fsp3) is 0.158. The maximum atomic E-state index is 12.3. The molecule has 0 fully saturated rings. The van der Waals surface area contributed by atoms with E-state index in [1.165, 1.54) is 11.0 Å². The molecule has 0 unspecified atom stereocenters. The first-order chi connectivity index (χ1) is 11.5. The Kier molecular flexibility index (Phi) is 6.15. The number of amides is 1. The second kappa shape index (κ2) is 8.31. The quantitative estimate of drug-likeness (QED) is 0.593. The van der Waals surface area contributed by atoms with Gasteiger partial charge in [0.2, 0.25) is 0 Å². The fourth-order valence-electron chi connectivity index (χ4n) is 1.89. The van der Waals surface area contributed by atoms with Crippen molar-refractivity contribution in [2.24, 2.45) is 0 Å². The summed E-state index contributed by atoms with van der Waals surface area (Å²) in [5.41, 5.74) is 1.34. The van der Waals surface area contributed by atoms with Crippen LogP contribution in [0.25, 0.3) is 6.08 Å². The molecule has 5 heteroatoms. The monoisotopic (exact) mass is 343 g/mol. The van der Waals surface area contributed by atoms with Crippen LogP contribution in [0.1, 0.15) is 15.9 Å². The summed E-state index contributed by atoms with van der Waals surface area (Å²) >= 11 is 5.91. The van der Waals surface area contributed by atoms with Crippen LogP contribution in [0, 0.1) is 0 Å². The molecule has 0 aromatic heterocycles. The molecule has 0 bridgehead atoms. The Hall–Kier alpha value is -2.59. The van der Waals surface area contributed by atoms with Crippen LogP contribution in [0.4, 0.5) is 0 Å². The number of allylic oxidation sites excluding steroid dienone is 1. The summed E-state index contributed by atoms with van der Waals surface area (Å²) in [6, 6.07) is 14.0. The van der Waals surface area contributed by atoms with Crippen LogP contribution in [0.3, 0.4) is 0 Å². The van der Waals surface area contributed by atoms with Crippen LogP contribution in [0.15, 0.2) is 54.6 Å². The van der Waals surface area contributed by atoms with E-state index in [1.54, 1.807) is 56.6 Å². The normalized spacial score (nSPS) is 10.6. The Morgan fingerprint density at radius 1 is 1.12 bits per heavy atom. The molecular formula is C19H18ClNO3. The minimum absolute atomic E-state index is 0.0665. The summed E-state index contributed by atoms with van der Waals surface area (Å²) in [6.45, 7) is -0.0665. The maximum absolute atomic E-state index is 12.3. The van der Waals surface area contributed by atoms with Gasteiger partial charge in [-0.25, -0.2) is 0 Å². The molecule has 24 heavy (non-hydrogen) atoms. The average molecular weight is 344 g/mol. The largest absolute Gasteiger partial charge is 0.484 e. The smallest absolute Gasteiger partial charge is 0.259 e. The lowest BCUT2D eigenvalue weighted by atomic mass is 10.1. The van der Waals surface area contributed by atoms with Crippen molar-refractivity contribution in [2.75, 3.05) is 20.7 Å². The Bertz CT molecular complexity index is 769. The summed E-state index contributed by atoms with van der Waals surface area (Å²) in [4.78, 5) is 25.2. The minimum atomic E-state index is -0.153. The minimum Gasteiger partial charge on any atom is -0.484 e. The molecular weight excluding hydrogens is 326 g/mol. The van der Waals surface area contributed by atoms with Gasteiger partial charge >= 0.3 is 0 Å². The number of likely N-dealkylation sites (N-methyl/N-ethyl adjacent to an activating group) is 1. The van der Waals surface area contributed by atoms with Crippen LogP contribution in [0.5, 0.6) is 5.75 Å². The van der Waals surface area contributed by atoms with Gasteiger partial charge in [-0.15, -0.1) is 0 Å². The van der Waals surface area contributed by atoms with Crippen molar-refractivity contribution in [3.05, 3.63) is 70.8 Å². The average Bonchev–Trinajstić information content (AvgIpc) is 2.57. The summed E-state index contributed by atoms with van der Waals surface area (Å²) in [6.07, 6.45) is 3.19. The van der Waals surface area contributed by atoms with Crippen molar-refractivity contribution >= 4 is 29.4 Å². The SMILES string of the molecule is CN(C)C(=O)COc1cccc(C(=O)C=Cc2cccc(Cl)c2)c1. The molecule has 0 aliphatic heterocycles. The van der Waals surface area contributed by atoms with E-state index in [1.807, 2.05) is 12.1 Å². The number of rotatable bonds is 6. The standard InChI is InChI=1S/C19H18ClNO3/c1-21(2)19(23)13-24-17-8-4-6-15(12-17)18(22)10-9-14-5-3-7-16(20)11-14/h3-12H,13H2,1-2H3. The maximum Gasteiger partial charge on any atom is 0.259 e. The van der Waals surface area contributed by atoms with Crippen molar-refractivity contribution in [1.82, 2.24) is 4.90 Å². The van der Waals surface area contributed by atoms with Crippen molar-refractivity contribution in [2.45, 2.75) is 0 Å². The summed E-state index contributed by atoms with van der Waals surface area (Å²) in [7, 11) is 3.32. The highest BCUT2D eigenvalue weighted by atomic mass is 35.5. The Morgan fingerprint density at radius 3 is 2.58 bits per heavy atom. The lowest BCUT2D eigenvalue weighted by molar-refractivity contribution is -0.130. The third-order valence-electron chi connectivity index (χ3n) is 3.26. The van der Waals surface area contributed by atoms with Crippen LogP contribution < -0.4 is 4.74 Å². The van der Waals surface area contributed by atoms with E-state index >= 15 is 0 Å². The number of hydrogen-bond acceptors (Lipinski definition) is 3. The molecule has 2 aromatic rings. The Morgan fingerprint density at radius 2 is 1.88 bits per heavy atom. The molecule has 4 nitrogen and oxygen atoms in total. The predicted molar refractivity (Wildman–Crippen MR) is 95.4 cm³/mol. The molecule has 0 heterocycles. The highest BCUT2D eigenvalue weighted by molar-refractivity contribution is 6.30. The zero-order valence-electron chi connectivity index (χ0n) is 13.5. The number of hydrogen-bond donors (Lipinski definition) is 0. The van der Waals surface area contributed by atoms with E-state index in [0.29, 0.717) is 16.3 Å². The highest BCUT2D eigenvalue weighted by Crippen LogP contribution is 2.16. The van der Waals surface area contributed by atoms with Gasteiger partial charge in [-0.1, -0.05) is 41.9 Å². The number of ether oxygens (including phenoxy) is 1. The van der Waals surface area contributed by atoms with Crippen molar-refractivity contribution in [3.8, 4) is 5.75 Å². The van der Waals surface area contributed by atoms with Gasteiger partial charge in [-0.05, 0) is 35.9 Å². The molecule has 0 radical (unpaired) electrons. The van der Waals surface area contributed by atoms with Crippen molar-refractivity contribution in [1.29, 1.82) is 0 Å². The van der Waals surface area contributed by atoms with Gasteiger partial charge in [0.15, 0.2) is 12.4 Å². The van der Waals surface area contributed by atoms with E-state index in [2.05, 4.69) is 0 Å². The number of carbonyl (C=O) groups is 2. The van der Waals surface area contributed by atoms with Crippen LogP contribution in [-0.4, -0.2) is 37.3 Å². The lowest BCUT2D eigenvalue weighted by Gasteiger charge is -2.11. The molecule has 1 amide bonds. The topological polar surface area (TPSA) is 46.6 Å². The molecule has 0 atom stereocenters. The second-order valence-corrected chi connectivity index (χ2v) is 5.79. The number of halogens is 1. The predicted octanol–water partition coefficient (Wildman–Crippen LogP) is 3.70. The number of benzene rings is 2. The first-order valence-electron chi connectivity index (χ1n) is 7.37. The number of carbonyl (C=O) groups excluding carboxylic acids is 2. The molecule has 0 aliphatic rings. The second-order valence-electron chi connectivity index (χ2n) is 5.36. The highest BCUT2D eigenvalue weighted by Gasteiger charge is 2.07. The van der Waals surface area contributed by atoms with Gasteiger partial charge in [0.25, 0.3) is 5.91 Å². The fourth-order valence-corrected chi connectivity index (χ4v) is 2.09. The van der Waals surface area contributed by atoms with Gasteiger partial charge in [0, 0.05) is 24.7 Å². The lowest BCUT2D eigenvalue weighted by Crippen LogP contribution is -2.27. The first-order valence-corrected chi connectivity index (χ1v) is 7.74. The van der Waals surface area contributed by atoms with Gasteiger partial charge in [0.1, 0.15) is 5.75 Å². The molecule has 0 N–H and O–H groups in total. The molecule has 2 aromatic carbocycles. The van der Waals surface area contributed by atoms with Crippen molar-refractivity contribution < 1.29 is 14.3 Å². The Balaban J connectivity index is 2.04. The summed E-state index contributed by atoms with van der Waals surface area (Å²) in [5, 5.41) is 0.616. The Labute approximate surface area is 146 Å². The van der Waals surface area contributed by atoms with Crippen LogP contribution in [-0.2, 0) is 4.79 Å². The molecule has 2 rings (SSSR count). The molecule has 0 saturated heterocycles. The number of nitrogens with zero attached hydrogens (tertiary/aromatic N) is 1. The molecule has 0 spiro atoms. The van der Waals surface area contributed by atoms with Gasteiger partial charge in [0.05, 0.1) is 0 Å². The summed E-state index contributed by atoms with van der Waals surface area (Å²) < 4.78 is 5.41. The third kappa shape index (κ3) is 5.25. The number of ketones is 1. The third-order valence-corrected chi connectivity index (χ3v) is 3.49. The van der Waals surface area contributed by atoms with Crippen LogP contribution in [0.2, 0.25) is 5.02 Å². The van der Waals surface area contributed by atoms with Gasteiger partial charge in [-0.3, -0.25) is 9.59 Å². The van der Waals surface area contributed by atoms with E-state index in [0.717, 1.165) is 5.56 Å². The van der Waals surface area contributed by atoms with Gasteiger partial charge < -0.3 is 9.64 Å². The zero-order chi connectivity index (χ0) is 17.5. The van der Waals surface area contributed by atoms with E-state index in [4.69, 9.17) is 16.3 Å².